The minimum atomic E-state index is 0. The molecule has 102 valence electrons. The van der Waals surface area contributed by atoms with Gasteiger partial charge in [0.1, 0.15) is 0 Å². The number of amides is 1. The Morgan fingerprint density at radius 2 is 2.06 bits per heavy atom. The molecule has 1 aromatic carbocycles. The number of hydrogen-bond donors (Lipinski definition) is 2. The Bertz CT molecular complexity index is 391. The molecule has 0 fully saturated rings. The molecule has 1 amide bonds. The summed E-state index contributed by atoms with van der Waals surface area (Å²) in [5, 5.41) is 3.00. The van der Waals surface area contributed by atoms with E-state index in [1.54, 1.807) is 0 Å². The highest BCUT2D eigenvalue weighted by atomic mass is 35.5. The average molecular weight is 271 g/mol. The number of aryl methyl sites for hydroxylation is 1. The summed E-state index contributed by atoms with van der Waals surface area (Å²) >= 11 is 0. The molecule has 0 aliphatic carbocycles. The molecule has 0 unspecified atom stereocenters. The SMILES string of the molecule is Cc1cccc(C(C)C)c1NC(=O)CCCN.Cl. The molecule has 0 saturated carbocycles. The number of nitrogens with two attached hydrogens (primary N) is 1. The lowest BCUT2D eigenvalue weighted by atomic mass is 9.98. The Morgan fingerprint density at radius 1 is 1.39 bits per heavy atom. The van der Waals surface area contributed by atoms with Crippen LogP contribution in [-0.4, -0.2) is 12.5 Å². The normalized spacial score (nSPS) is 10.1. The van der Waals surface area contributed by atoms with Gasteiger partial charge in [0.25, 0.3) is 0 Å². The average Bonchev–Trinajstić information content (AvgIpc) is 2.28. The predicted molar refractivity (Wildman–Crippen MR) is 79.4 cm³/mol. The molecule has 1 aromatic rings. The van der Waals surface area contributed by atoms with Gasteiger partial charge in [-0.05, 0) is 36.9 Å². The largest absolute Gasteiger partial charge is 0.330 e. The second kappa shape index (κ2) is 8.11. The summed E-state index contributed by atoms with van der Waals surface area (Å²) in [7, 11) is 0. The molecule has 0 aliphatic rings. The van der Waals surface area contributed by atoms with Crippen molar-refractivity contribution in [3.05, 3.63) is 29.3 Å². The van der Waals surface area contributed by atoms with Crippen LogP contribution >= 0.6 is 12.4 Å². The van der Waals surface area contributed by atoms with Gasteiger partial charge in [-0.25, -0.2) is 0 Å². The molecule has 18 heavy (non-hydrogen) atoms. The minimum Gasteiger partial charge on any atom is -0.330 e. The van der Waals surface area contributed by atoms with Crippen molar-refractivity contribution in [3.63, 3.8) is 0 Å². The van der Waals surface area contributed by atoms with Gasteiger partial charge in [-0.2, -0.15) is 0 Å². The van der Waals surface area contributed by atoms with Crippen LogP contribution in [0.15, 0.2) is 18.2 Å². The van der Waals surface area contributed by atoms with Gasteiger partial charge in [-0.15, -0.1) is 12.4 Å². The van der Waals surface area contributed by atoms with E-state index in [4.69, 9.17) is 5.73 Å². The summed E-state index contributed by atoms with van der Waals surface area (Å²) in [4.78, 5) is 11.7. The fourth-order valence-corrected chi connectivity index (χ4v) is 1.81. The highest BCUT2D eigenvalue weighted by molar-refractivity contribution is 5.92. The van der Waals surface area contributed by atoms with Crippen molar-refractivity contribution in [3.8, 4) is 0 Å². The van der Waals surface area contributed by atoms with Gasteiger partial charge >= 0.3 is 0 Å². The first kappa shape index (κ1) is 16.9. The van der Waals surface area contributed by atoms with Crippen LogP contribution in [-0.2, 0) is 4.79 Å². The Balaban J connectivity index is 0.00000289. The first-order valence-corrected chi connectivity index (χ1v) is 6.15. The number of nitrogens with one attached hydrogen (secondary N) is 1. The highest BCUT2D eigenvalue weighted by Gasteiger charge is 2.11. The van der Waals surface area contributed by atoms with Crippen molar-refractivity contribution in [1.29, 1.82) is 0 Å². The Morgan fingerprint density at radius 3 is 2.61 bits per heavy atom. The van der Waals surface area contributed by atoms with E-state index in [1.165, 1.54) is 5.56 Å². The monoisotopic (exact) mass is 270 g/mol. The molecule has 4 heteroatoms. The number of carbonyl (C=O) groups is 1. The van der Waals surface area contributed by atoms with Gasteiger partial charge in [-0.1, -0.05) is 32.0 Å². The van der Waals surface area contributed by atoms with Gasteiger partial charge < -0.3 is 11.1 Å². The van der Waals surface area contributed by atoms with Crippen molar-refractivity contribution in [1.82, 2.24) is 0 Å². The van der Waals surface area contributed by atoms with E-state index in [1.807, 2.05) is 19.1 Å². The molecule has 3 nitrogen and oxygen atoms in total. The molecular formula is C14H23ClN2O. The molecular weight excluding hydrogens is 248 g/mol. The summed E-state index contributed by atoms with van der Waals surface area (Å²) in [6, 6.07) is 6.11. The van der Waals surface area contributed by atoms with E-state index in [9.17, 15) is 4.79 Å². The van der Waals surface area contributed by atoms with Gasteiger partial charge in [0.05, 0.1) is 0 Å². The van der Waals surface area contributed by atoms with Crippen LogP contribution in [0, 0.1) is 6.92 Å². The van der Waals surface area contributed by atoms with Crippen LogP contribution in [0.5, 0.6) is 0 Å². The van der Waals surface area contributed by atoms with E-state index in [2.05, 4.69) is 25.2 Å². The summed E-state index contributed by atoms with van der Waals surface area (Å²) in [5.41, 5.74) is 8.66. The van der Waals surface area contributed by atoms with Crippen molar-refractivity contribution < 1.29 is 4.79 Å². The van der Waals surface area contributed by atoms with Crippen LogP contribution in [0.3, 0.4) is 0 Å². The third kappa shape index (κ3) is 4.67. The summed E-state index contributed by atoms with van der Waals surface area (Å²) in [5.74, 6) is 0.450. The number of halogens is 1. The second-order valence-corrected chi connectivity index (χ2v) is 4.63. The van der Waals surface area contributed by atoms with Crippen LogP contribution in [0.25, 0.3) is 0 Å². The lowest BCUT2D eigenvalue weighted by Crippen LogP contribution is -2.15. The van der Waals surface area contributed by atoms with Crippen molar-refractivity contribution in [2.45, 2.75) is 39.5 Å². The van der Waals surface area contributed by atoms with Crippen LogP contribution in [0.2, 0.25) is 0 Å². The zero-order valence-electron chi connectivity index (χ0n) is 11.3. The number of carbonyl (C=O) groups excluding carboxylic acids is 1. The number of para-hydroxylation sites is 1. The number of benzene rings is 1. The van der Waals surface area contributed by atoms with Gasteiger partial charge in [0.15, 0.2) is 0 Å². The smallest absolute Gasteiger partial charge is 0.224 e. The Labute approximate surface area is 116 Å². The zero-order chi connectivity index (χ0) is 12.8. The standard InChI is InChI=1S/C14H22N2O.ClH/c1-10(2)12-7-4-6-11(3)14(12)16-13(17)8-5-9-15;/h4,6-7,10H,5,8-9,15H2,1-3H3,(H,16,17);1H. The number of anilines is 1. The van der Waals surface area contributed by atoms with E-state index in [-0.39, 0.29) is 18.3 Å². The molecule has 0 aliphatic heterocycles. The summed E-state index contributed by atoms with van der Waals surface area (Å²) < 4.78 is 0. The molecule has 0 spiro atoms. The summed E-state index contributed by atoms with van der Waals surface area (Å²) in [6.07, 6.45) is 1.22. The Kier molecular flexibility index (Phi) is 7.64. The molecule has 0 saturated heterocycles. The third-order valence-corrected chi connectivity index (χ3v) is 2.80. The van der Waals surface area contributed by atoms with E-state index in [0.717, 1.165) is 17.7 Å². The lowest BCUT2D eigenvalue weighted by Gasteiger charge is -2.16. The number of rotatable bonds is 5. The number of hydrogen-bond acceptors (Lipinski definition) is 2. The maximum Gasteiger partial charge on any atom is 0.224 e. The van der Waals surface area contributed by atoms with Crippen molar-refractivity contribution in [2.24, 2.45) is 5.73 Å². The third-order valence-electron chi connectivity index (χ3n) is 2.80. The van der Waals surface area contributed by atoms with E-state index < -0.39 is 0 Å². The molecule has 0 radical (unpaired) electrons. The first-order valence-electron chi connectivity index (χ1n) is 6.15. The Hall–Kier alpha value is -1.06. The highest BCUT2D eigenvalue weighted by Crippen LogP contribution is 2.27. The zero-order valence-corrected chi connectivity index (χ0v) is 12.1. The second-order valence-electron chi connectivity index (χ2n) is 4.63. The van der Waals surface area contributed by atoms with Crippen molar-refractivity contribution >= 4 is 24.0 Å². The fourth-order valence-electron chi connectivity index (χ4n) is 1.81. The summed E-state index contributed by atoms with van der Waals surface area (Å²) in [6.45, 7) is 6.83. The minimum absolute atomic E-state index is 0. The van der Waals surface area contributed by atoms with E-state index >= 15 is 0 Å². The quantitative estimate of drug-likeness (QED) is 0.863. The molecule has 0 atom stereocenters. The van der Waals surface area contributed by atoms with Gasteiger partial charge in [0, 0.05) is 12.1 Å². The topological polar surface area (TPSA) is 55.1 Å². The van der Waals surface area contributed by atoms with Crippen LogP contribution in [0.1, 0.15) is 43.7 Å². The van der Waals surface area contributed by atoms with Crippen molar-refractivity contribution in [2.75, 3.05) is 11.9 Å². The predicted octanol–water partition coefficient (Wildman–Crippen LogP) is 3.22. The maximum absolute atomic E-state index is 11.7. The molecule has 3 N–H and O–H groups in total. The van der Waals surface area contributed by atoms with Gasteiger partial charge in [-0.3, -0.25) is 4.79 Å². The fraction of sp³-hybridized carbons (Fsp3) is 0.500. The first-order chi connectivity index (χ1) is 8.06. The van der Waals surface area contributed by atoms with Crippen LogP contribution < -0.4 is 11.1 Å². The molecule has 0 bridgehead atoms. The maximum atomic E-state index is 11.7. The molecule has 0 aromatic heterocycles. The molecule has 0 heterocycles. The van der Waals surface area contributed by atoms with Crippen LogP contribution in [0.4, 0.5) is 5.69 Å². The van der Waals surface area contributed by atoms with E-state index in [0.29, 0.717) is 18.9 Å². The van der Waals surface area contributed by atoms with Gasteiger partial charge in [0.2, 0.25) is 5.91 Å². The molecule has 1 rings (SSSR count). The lowest BCUT2D eigenvalue weighted by molar-refractivity contribution is -0.116.